The first-order valence-corrected chi connectivity index (χ1v) is 9.05. The lowest BCUT2D eigenvalue weighted by atomic mass is 10.2. The zero-order chi connectivity index (χ0) is 14.9. The summed E-state index contributed by atoms with van der Waals surface area (Å²) in [5.41, 5.74) is 4.58. The number of nitrogens with one attached hydrogen (secondary N) is 1. The highest BCUT2D eigenvalue weighted by molar-refractivity contribution is 7.09. The topological polar surface area (TPSA) is 28.2 Å². The van der Waals surface area contributed by atoms with E-state index in [4.69, 9.17) is 0 Å². The Hall–Kier alpha value is -1.23. The van der Waals surface area contributed by atoms with Gasteiger partial charge in [0, 0.05) is 24.5 Å². The molecule has 1 aromatic heterocycles. The number of hydrogen-bond donors (Lipinski definition) is 1. The molecular formula is C18H23N3S. The van der Waals surface area contributed by atoms with E-state index in [0.29, 0.717) is 0 Å². The first-order chi connectivity index (χ1) is 10.8. The predicted octanol–water partition coefficient (Wildman–Crippen LogP) is 2.92. The lowest BCUT2D eigenvalue weighted by Crippen LogP contribution is -2.28. The standard InChI is InChI=1S/C18H23N3S/c1-13-18(22-12-20-13)11-21(9-14-5-3-2-4-6-14)10-17-15-7-19-8-16(15)17/h2-6,12,15-17,19H,7-11H2,1H3. The molecule has 2 unspecified atom stereocenters. The van der Waals surface area contributed by atoms with E-state index in [0.717, 1.165) is 30.8 Å². The van der Waals surface area contributed by atoms with Crippen molar-refractivity contribution in [1.82, 2.24) is 15.2 Å². The van der Waals surface area contributed by atoms with Gasteiger partial charge in [0.15, 0.2) is 0 Å². The third-order valence-corrected chi connectivity index (χ3v) is 6.12. The Labute approximate surface area is 136 Å². The van der Waals surface area contributed by atoms with E-state index in [1.165, 1.54) is 35.8 Å². The van der Waals surface area contributed by atoms with E-state index in [1.54, 1.807) is 11.3 Å². The summed E-state index contributed by atoms with van der Waals surface area (Å²) in [6.07, 6.45) is 0. The molecule has 1 saturated carbocycles. The van der Waals surface area contributed by atoms with Crippen molar-refractivity contribution >= 4 is 11.3 Å². The minimum atomic E-state index is 0.901. The summed E-state index contributed by atoms with van der Waals surface area (Å²) >= 11 is 1.79. The van der Waals surface area contributed by atoms with Crippen LogP contribution in [0, 0.1) is 24.7 Å². The predicted molar refractivity (Wildman–Crippen MR) is 90.7 cm³/mol. The molecule has 4 heteroatoms. The number of aryl methyl sites for hydroxylation is 1. The molecular weight excluding hydrogens is 290 g/mol. The molecule has 1 saturated heterocycles. The van der Waals surface area contributed by atoms with Crippen molar-refractivity contribution in [2.45, 2.75) is 20.0 Å². The zero-order valence-electron chi connectivity index (χ0n) is 13.0. The van der Waals surface area contributed by atoms with Gasteiger partial charge >= 0.3 is 0 Å². The average Bonchev–Trinajstić information content (AvgIpc) is 2.90. The van der Waals surface area contributed by atoms with Gasteiger partial charge in [-0.05, 0) is 43.3 Å². The lowest BCUT2D eigenvalue weighted by Gasteiger charge is -2.23. The van der Waals surface area contributed by atoms with Crippen molar-refractivity contribution in [2.75, 3.05) is 19.6 Å². The highest BCUT2D eigenvalue weighted by Crippen LogP contribution is 2.49. The number of fused-ring (bicyclic) bond motifs is 1. The summed E-state index contributed by atoms with van der Waals surface area (Å²) in [4.78, 5) is 8.45. The van der Waals surface area contributed by atoms with Crippen LogP contribution < -0.4 is 5.32 Å². The molecule has 1 N–H and O–H groups in total. The van der Waals surface area contributed by atoms with Gasteiger partial charge in [-0.3, -0.25) is 4.90 Å². The molecule has 2 aromatic rings. The van der Waals surface area contributed by atoms with Crippen LogP contribution in [0.3, 0.4) is 0 Å². The fourth-order valence-electron chi connectivity index (χ4n) is 3.82. The minimum Gasteiger partial charge on any atom is -0.316 e. The van der Waals surface area contributed by atoms with E-state index in [2.05, 4.69) is 52.5 Å². The maximum absolute atomic E-state index is 4.41. The van der Waals surface area contributed by atoms with Crippen molar-refractivity contribution in [3.05, 3.63) is 52.0 Å². The fourth-order valence-corrected chi connectivity index (χ4v) is 4.64. The number of piperidine rings is 1. The Bertz CT molecular complexity index is 614. The Balaban J connectivity index is 1.45. The van der Waals surface area contributed by atoms with Crippen LogP contribution in [0.1, 0.15) is 16.1 Å². The monoisotopic (exact) mass is 313 g/mol. The van der Waals surface area contributed by atoms with Crippen molar-refractivity contribution < 1.29 is 0 Å². The van der Waals surface area contributed by atoms with Crippen LogP contribution >= 0.6 is 11.3 Å². The Morgan fingerprint density at radius 3 is 2.64 bits per heavy atom. The number of hydrogen-bond acceptors (Lipinski definition) is 4. The van der Waals surface area contributed by atoms with Crippen LogP contribution in [-0.2, 0) is 13.1 Å². The Kier molecular flexibility index (Phi) is 3.99. The summed E-state index contributed by atoms with van der Waals surface area (Å²) < 4.78 is 0. The number of nitrogens with zero attached hydrogens (tertiary/aromatic N) is 2. The van der Waals surface area contributed by atoms with Gasteiger partial charge in [-0.15, -0.1) is 11.3 Å². The molecule has 0 spiro atoms. The third kappa shape index (κ3) is 2.96. The molecule has 1 aliphatic carbocycles. The first-order valence-electron chi connectivity index (χ1n) is 8.17. The quantitative estimate of drug-likeness (QED) is 0.889. The third-order valence-electron chi connectivity index (χ3n) is 5.20. The van der Waals surface area contributed by atoms with E-state index in [-0.39, 0.29) is 0 Å². The average molecular weight is 313 g/mol. The van der Waals surface area contributed by atoms with Gasteiger partial charge in [0.05, 0.1) is 11.2 Å². The highest BCUT2D eigenvalue weighted by atomic mass is 32.1. The summed E-state index contributed by atoms with van der Waals surface area (Å²) in [5, 5.41) is 3.50. The van der Waals surface area contributed by atoms with Gasteiger partial charge in [-0.25, -0.2) is 4.98 Å². The molecule has 2 aliphatic rings. The maximum atomic E-state index is 4.41. The minimum absolute atomic E-state index is 0.901. The summed E-state index contributed by atoms with van der Waals surface area (Å²) in [6.45, 7) is 7.89. The van der Waals surface area contributed by atoms with Gasteiger partial charge < -0.3 is 5.32 Å². The zero-order valence-corrected chi connectivity index (χ0v) is 13.9. The number of benzene rings is 1. The first kappa shape index (κ1) is 14.4. The number of aromatic nitrogens is 1. The van der Waals surface area contributed by atoms with Crippen molar-refractivity contribution in [3.8, 4) is 0 Å². The second kappa shape index (κ2) is 6.11. The van der Waals surface area contributed by atoms with Gasteiger partial charge in [-0.1, -0.05) is 30.3 Å². The molecule has 0 radical (unpaired) electrons. The van der Waals surface area contributed by atoms with Crippen LogP contribution in [0.15, 0.2) is 35.8 Å². The fraction of sp³-hybridized carbons (Fsp3) is 0.500. The molecule has 2 heterocycles. The molecule has 0 amide bonds. The molecule has 2 atom stereocenters. The molecule has 2 fully saturated rings. The summed E-state index contributed by atoms with van der Waals surface area (Å²) in [5.74, 6) is 2.76. The molecule has 116 valence electrons. The van der Waals surface area contributed by atoms with Crippen LogP contribution in [0.25, 0.3) is 0 Å². The Morgan fingerprint density at radius 2 is 1.95 bits per heavy atom. The largest absolute Gasteiger partial charge is 0.316 e. The van der Waals surface area contributed by atoms with Crippen LogP contribution in [0.5, 0.6) is 0 Å². The van der Waals surface area contributed by atoms with Gasteiger partial charge in [0.25, 0.3) is 0 Å². The van der Waals surface area contributed by atoms with Gasteiger partial charge in [0.1, 0.15) is 0 Å². The summed E-state index contributed by atoms with van der Waals surface area (Å²) in [6, 6.07) is 10.9. The van der Waals surface area contributed by atoms with Crippen molar-refractivity contribution in [3.63, 3.8) is 0 Å². The highest BCUT2D eigenvalue weighted by Gasteiger charge is 2.52. The van der Waals surface area contributed by atoms with E-state index in [9.17, 15) is 0 Å². The lowest BCUT2D eigenvalue weighted by molar-refractivity contribution is 0.236. The number of rotatable bonds is 6. The molecule has 0 bridgehead atoms. The number of thiazole rings is 1. The van der Waals surface area contributed by atoms with E-state index >= 15 is 0 Å². The summed E-state index contributed by atoms with van der Waals surface area (Å²) in [7, 11) is 0. The Morgan fingerprint density at radius 1 is 1.18 bits per heavy atom. The SMILES string of the molecule is Cc1ncsc1CN(Cc1ccccc1)CC1C2CNCC21. The van der Waals surface area contributed by atoms with E-state index < -0.39 is 0 Å². The second-order valence-corrected chi connectivity index (χ2v) is 7.61. The maximum Gasteiger partial charge on any atom is 0.0798 e. The normalized spacial score (nSPS) is 26.4. The van der Waals surface area contributed by atoms with Crippen LogP contribution in [0.4, 0.5) is 0 Å². The van der Waals surface area contributed by atoms with E-state index in [1.807, 2.05) is 5.51 Å². The van der Waals surface area contributed by atoms with Crippen molar-refractivity contribution in [2.24, 2.45) is 17.8 Å². The molecule has 22 heavy (non-hydrogen) atoms. The van der Waals surface area contributed by atoms with Gasteiger partial charge in [-0.2, -0.15) is 0 Å². The van der Waals surface area contributed by atoms with Crippen LogP contribution in [0.2, 0.25) is 0 Å². The smallest absolute Gasteiger partial charge is 0.0798 e. The molecule has 1 aromatic carbocycles. The molecule has 3 nitrogen and oxygen atoms in total. The van der Waals surface area contributed by atoms with Gasteiger partial charge in [0.2, 0.25) is 0 Å². The van der Waals surface area contributed by atoms with Crippen LogP contribution in [-0.4, -0.2) is 29.5 Å². The van der Waals surface area contributed by atoms with Crippen molar-refractivity contribution in [1.29, 1.82) is 0 Å². The molecule has 4 rings (SSSR count). The second-order valence-electron chi connectivity index (χ2n) is 6.67. The molecule has 1 aliphatic heterocycles.